The van der Waals surface area contributed by atoms with Crippen LogP contribution in [0.5, 0.6) is 0 Å². The second-order valence-corrected chi connectivity index (χ2v) is 22.0. The minimum atomic E-state index is -0.776. The van der Waals surface area contributed by atoms with Crippen molar-refractivity contribution in [2.24, 2.45) is 0 Å². The molecule has 0 fully saturated rings. The van der Waals surface area contributed by atoms with Gasteiger partial charge in [0.05, 0.1) is 0 Å². The zero-order chi connectivity index (χ0) is 52.9. The van der Waals surface area contributed by atoms with Crippen LogP contribution in [0.4, 0.5) is 0 Å². The van der Waals surface area contributed by atoms with Crippen LogP contribution in [-0.2, 0) is 28.6 Å². The number of rotatable bonds is 60. The summed E-state index contributed by atoms with van der Waals surface area (Å²) < 4.78 is 16.9. The predicted octanol–water partition coefficient (Wildman–Crippen LogP) is 22.0. The van der Waals surface area contributed by atoms with Crippen molar-refractivity contribution in [3.05, 3.63) is 36.5 Å². The number of esters is 3. The van der Waals surface area contributed by atoms with E-state index < -0.39 is 6.10 Å². The molecule has 0 aromatic rings. The Hall–Kier alpha value is -2.37. The lowest BCUT2D eigenvalue weighted by Gasteiger charge is -2.18. The number of hydrogen-bond acceptors (Lipinski definition) is 6. The molecule has 0 spiro atoms. The first-order valence-electron chi connectivity index (χ1n) is 32.5. The molecule has 6 heteroatoms. The average Bonchev–Trinajstić information content (AvgIpc) is 3.39. The Morgan fingerprint density at radius 3 is 0.808 bits per heavy atom. The third kappa shape index (κ3) is 60.4. The van der Waals surface area contributed by atoms with Gasteiger partial charge in [0.2, 0.25) is 0 Å². The monoisotopic (exact) mass is 1020 g/mol. The molecule has 0 amide bonds. The molecule has 0 saturated heterocycles. The van der Waals surface area contributed by atoms with E-state index in [0.717, 1.165) is 83.5 Å². The van der Waals surface area contributed by atoms with Gasteiger partial charge in [0.25, 0.3) is 0 Å². The Bertz CT molecular complexity index is 1220. The quantitative estimate of drug-likeness (QED) is 0.0261. The van der Waals surface area contributed by atoms with Gasteiger partial charge in [-0.1, -0.05) is 301 Å². The van der Waals surface area contributed by atoms with Crippen LogP contribution in [0.15, 0.2) is 36.5 Å². The zero-order valence-electron chi connectivity index (χ0n) is 49.2. The van der Waals surface area contributed by atoms with Gasteiger partial charge in [-0.15, -0.1) is 0 Å². The molecule has 0 aliphatic heterocycles. The van der Waals surface area contributed by atoms with E-state index in [-0.39, 0.29) is 31.1 Å². The van der Waals surface area contributed by atoms with Gasteiger partial charge in [0.15, 0.2) is 6.10 Å². The summed E-state index contributed by atoms with van der Waals surface area (Å²) in [7, 11) is 0. The maximum absolute atomic E-state index is 12.9. The number of unbranched alkanes of at least 4 members (excludes halogenated alkanes) is 43. The Balaban J connectivity index is 4.13. The van der Waals surface area contributed by atoms with Crippen LogP contribution in [0, 0.1) is 0 Å². The molecular formula is C67H124O6. The van der Waals surface area contributed by atoms with E-state index >= 15 is 0 Å². The fourth-order valence-corrected chi connectivity index (χ4v) is 9.69. The second kappa shape index (κ2) is 62.2. The fraction of sp³-hybridized carbons (Fsp3) is 0.866. The summed E-state index contributed by atoms with van der Waals surface area (Å²) in [6, 6.07) is 0. The number of hydrogen-bond donors (Lipinski definition) is 0. The van der Waals surface area contributed by atoms with Gasteiger partial charge < -0.3 is 14.2 Å². The van der Waals surface area contributed by atoms with Crippen LogP contribution in [0.1, 0.15) is 355 Å². The number of carbonyl (C=O) groups excluding carboxylic acids is 3. The van der Waals surface area contributed by atoms with Gasteiger partial charge in [-0.25, -0.2) is 0 Å². The minimum Gasteiger partial charge on any atom is -0.462 e. The van der Waals surface area contributed by atoms with Crippen LogP contribution in [0.3, 0.4) is 0 Å². The third-order valence-corrected chi connectivity index (χ3v) is 14.6. The lowest BCUT2D eigenvalue weighted by molar-refractivity contribution is -0.167. The third-order valence-electron chi connectivity index (χ3n) is 14.6. The maximum Gasteiger partial charge on any atom is 0.306 e. The first kappa shape index (κ1) is 70.6. The molecule has 0 heterocycles. The number of allylic oxidation sites excluding steroid dienone is 6. The molecule has 0 saturated carbocycles. The molecule has 1 atom stereocenters. The van der Waals surface area contributed by atoms with E-state index in [1.54, 1.807) is 0 Å². The lowest BCUT2D eigenvalue weighted by Crippen LogP contribution is -2.30. The van der Waals surface area contributed by atoms with Crippen molar-refractivity contribution >= 4 is 17.9 Å². The average molecular weight is 1030 g/mol. The molecular weight excluding hydrogens is 901 g/mol. The smallest absolute Gasteiger partial charge is 0.306 e. The van der Waals surface area contributed by atoms with E-state index in [4.69, 9.17) is 14.2 Å². The van der Waals surface area contributed by atoms with Crippen molar-refractivity contribution in [2.75, 3.05) is 13.2 Å². The Labute approximate surface area is 455 Å². The highest BCUT2D eigenvalue weighted by Crippen LogP contribution is 2.18. The Kier molecular flexibility index (Phi) is 60.2. The van der Waals surface area contributed by atoms with E-state index in [1.165, 1.54) is 231 Å². The van der Waals surface area contributed by atoms with Crippen LogP contribution >= 0.6 is 0 Å². The number of ether oxygens (including phenoxy) is 3. The summed E-state index contributed by atoms with van der Waals surface area (Å²) in [5.74, 6) is -0.866. The second-order valence-electron chi connectivity index (χ2n) is 22.0. The topological polar surface area (TPSA) is 78.9 Å². The largest absolute Gasteiger partial charge is 0.462 e. The predicted molar refractivity (Wildman–Crippen MR) is 316 cm³/mol. The highest BCUT2D eigenvalue weighted by Gasteiger charge is 2.19. The van der Waals surface area contributed by atoms with Crippen molar-refractivity contribution in [1.82, 2.24) is 0 Å². The van der Waals surface area contributed by atoms with Crippen molar-refractivity contribution in [3.63, 3.8) is 0 Å². The molecule has 6 nitrogen and oxygen atoms in total. The van der Waals surface area contributed by atoms with Gasteiger partial charge in [-0.3, -0.25) is 14.4 Å². The van der Waals surface area contributed by atoms with Gasteiger partial charge in [-0.2, -0.15) is 0 Å². The van der Waals surface area contributed by atoms with Crippen LogP contribution in [-0.4, -0.2) is 37.2 Å². The van der Waals surface area contributed by atoms with E-state index in [1.807, 2.05) is 0 Å². The van der Waals surface area contributed by atoms with Crippen molar-refractivity contribution in [2.45, 2.75) is 361 Å². The van der Waals surface area contributed by atoms with E-state index in [2.05, 4.69) is 57.2 Å². The standard InChI is InChI=1S/C67H124O6/c1-4-7-10-13-16-19-22-25-27-28-29-30-31-32-33-34-35-36-37-38-39-40-41-43-45-48-51-54-57-60-66(69)72-63-64(62-71-65(68)59-56-53-50-47-44-24-21-18-15-12-9-6-3)73-67(70)61-58-55-52-49-46-42-26-23-20-17-14-11-8-5-2/h14,17,23,26,28-29,64H,4-13,15-16,18-22,24-25,27,30-63H2,1-3H3/b17-14-,26-23-,29-28-. The van der Waals surface area contributed by atoms with Crippen molar-refractivity contribution in [1.29, 1.82) is 0 Å². The lowest BCUT2D eigenvalue weighted by atomic mass is 10.0. The molecule has 0 bridgehead atoms. The highest BCUT2D eigenvalue weighted by molar-refractivity contribution is 5.71. The zero-order valence-corrected chi connectivity index (χ0v) is 49.2. The van der Waals surface area contributed by atoms with Gasteiger partial charge in [-0.05, 0) is 70.6 Å². The van der Waals surface area contributed by atoms with Crippen LogP contribution in [0.25, 0.3) is 0 Å². The summed E-state index contributed by atoms with van der Waals surface area (Å²) in [4.78, 5) is 38.2. The van der Waals surface area contributed by atoms with E-state index in [0.29, 0.717) is 19.3 Å². The van der Waals surface area contributed by atoms with Crippen LogP contribution < -0.4 is 0 Å². The highest BCUT2D eigenvalue weighted by atomic mass is 16.6. The summed E-state index contributed by atoms with van der Waals surface area (Å²) in [6.07, 6.45) is 76.0. The maximum atomic E-state index is 12.9. The molecule has 0 aromatic carbocycles. The van der Waals surface area contributed by atoms with Crippen molar-refractivity contribution < 1.29 is 28.6 Å². The summed E-state index contributed by atoms with van der Waals surface area (Å²) in [5.41, 5.74) is 0. The normalized spacial score (nSPS) is 12.2. The molecule has 0 N–H and O–H groups in total. The first-order valence-corrected chi connectivity index (χ1v) is 32.5. The van der Waals surface area contributed by atoms with Crippen molar-refractivity contribution in [3.8, 4) is 0 Å². The molecule has 0 aromatic heterocycles. The molecule has 73 heavy (non-hydrogen) atoms. The van der Waals surface area contributed by atoms with Gasteiger partial charge in [0, 0.05) is 19.3 Å². The minimum absolute atomic E-state index is 0.0732. The Morgan fingerprint density at radius 2 is 0.507 bits per heavy atom. The summed E-state index contributed by atoms with van der Waals surface area (Å²) >= 11 is 0. The summed E-state index contributed by atoms with van der Waals surface area (Å²) in [5, 5.41) is 0. The Morgan fingerprint density at radius 1 is 0.274 bits per heavy atom. The SMILES string of the molecule is CCCC/C=C\C/C=C\CCCCCCCC(=O)OC(COC(=O)CCCCCCCCCCCCCC)COC(=O)CCCCCCCCCCCCCCCCCCC/C=C\CCCCCCCCCC. The van der Waals surface area contributed by atoms with Gasteiger partial charge >= 0.3 is 17.9 Å². The molecule has 428 valence electrons. The van der Waals surface area contributed by atoms with Crippen LogP contribution in [0.2, 0.25) is 0 Å². The molecule has 0 rings (SSSR count). The number of carbonyl (C=O) groups is 3. The summed E-state index contributed by atoms with van der Waals surface area (Å²) in [6.45, 7) is 6.63. The molecule has 1 unspecified atom stereocenters. The fourth-order valence-electron chi connectivity index (χ4n) is 9.69. The molecule has 0 aliphatic carbocycles. The van der Waals surface area contributed by atoms with E-state index in [9.17, 15) is 14.4 Å². The molecule has 0 radical (unpaired) electrons. The first-order chi connectivity index (χ1) is 36.0. The molecule has 0 aliphatic rings. The van der Waals surface area contributed by atoms with Gasteiger partial charge in [0.1, 0.15) is 13.2 Å².